The number of aryl methyl sites for hydroxylation is 2. The first kappa shape index (κ1) is 14.5. The molecule has 1 unspecified atom stereocenters. The molecule has 19 heavy (non-hydrogen) atoms. The summed E-state index contributed by atoms with van der Waals surface area (Å²) in [4.78, 5) is 0.256. The Morgan fingerprint density at radius 1 is 1.32 bits per heavy atom. The van der Waals surface area contributed by atoms with E-state index in [-0.39, 0.29) is 10.9 Å². The zero-order chi connectivity index (χ0) is 14.0. The molecule has 1 aromatic rings. The molecule has 1 aromatic heterocycles. The molecule has 6 nitrogen and oxygen atoms in total. The number of hydrogen-bond donors (Lipinski definition) is 2. The van der Waals surface area contributed by atoms with Crippen molar-refractivity contribution in [2.24, 2.45) is 0 Å². The predicted octanol–water partition coefficient (Wildman–Crippen LogP) is 0.683. The van der Waals surface area contributed by atoms with Gasteiger partial charge in [0.2, 0.25) is 10.0 Å². The molecule has 1 fully saturated rings. The molecular formula is C12H20N2O4S. The summed E-state index contributed by atoms with van der Waals surface area (Å²) >= 11 is 0. The summed E-state index contributed by atoms with van der Waals surface area (Å²) in [5.74, 6) is 1.06. The fourth-order valence-corrected chi connectivity index (χ4v) is 4.05. The van der Waals surface area contributed by atoms with Crippen molar-refractivity contribution >= 4 is 10.0 Å². The van der Waals surface area contributed by atoms with Gasteiger partial charge in [0.25, 0.3) is 0 Å². The summed E-state index contributed by atoms with van der Waals surface area (Å²) in [6, 6.07) is -0.151. The highest BCUT2D eigenvalue weighted by Crippen LogP contribution is 2.27. The molecule has 1 atom stereocenters. The van der Waals surface area contributed by atoms with Crippen molar-refractivity contribution < 1.29 is 17.6 Å². The first-order valence-electron chi connectivity index (χ1n) is 6.29. The zero-order valence-electron chi connectivity index (χ0n) is 11.4. The van der Waals surface area contributed by atoms with Crippen LogP contribution >= 0.6 is 0 Å². The van der Waals surface area contributed by atoms with Gasteiger partial charge in [-0.2, -0.15) is 0 Å². The number of ether oxygens (including phenoxy) is 1. The SMILES string of the molecule is CNCc1c(C)oc(C)c1S(=O)(=O)NC1CCOC1. The molecule has 0 amide bonds. The number of rotatable bonds is 5. The van der Waals surface area contributed by atoms with Gasteiger partial charge in [0.15, 0.2) is 0 Å². The summed E-state index contributed by atoms with van der Waals surface area (Å²) in [7, 11) is -1.80. The summed E-state index contributed by atoms with van der Waals surface area (Å²) in [6.45, 7) is 4.93. The maximum absolute atomic E-state index is 12.5. The van der Waals surface area contributed by atoms with Crippen LogP contribution in [-0.4, -0.2) is 34.7 Å². The lowest BCUT2D eigenvalue weighted by Gasteiger charge is -2.12. The Morgan fingerprint density at radius 3 is 2.63 bits per heavy atom. The van der Waals surface area contributed by atoms with Crippen LogP contribution in [0.25, 0.3) is 0 Å². The molecule has 1 saturated heterocycles. The third kappa shape index (κ3) is 3.00. The fraction of sp³-hybridized carbons (Fsp3) is 0.667. The molecule has 0 spiro atoms. The molecule has 0 saturated carbocycles. The largest absolute Gasteiger partial charge is 0.465 e. The molecule has 7 heteroatoms. The highest BCUT2D eigenvalue weighted by Gasteiger charge is 2.30. The summed E-state index contributed by atoms with van der Waals surface area (Å²) in [5, 5.41) is 2.97. The molecular weight excluding hydrogens is 268 g/mol. The second-order valence-corrected chi connectivity index (χ2v) is 6.39. The summed E-state index contributed by atoms with van der Waals surface area (Å²) in [5.41, 5.74) is 0.686. The molecule has 2 heterocycles. The Labute approximate surface area is 113 Å². The second kappa shape index (κ2) is 5.62. The van der Waals surface area contributed by atoms with Gasteiger partial charge in [0.05, 0.1) is 6.61 Å². The molecule has 1 aliphatic heterocycles. The lowest BCUT2D eigenvalue weighted by molar-refractivity contribution is 0.192. The van der Waals surface area contributed by atoms with Crippen molar-refractivity contribution in [2.75, 3.05) is 20.3 Å². The maximum atomic E-state index is 12.5. The van der Waals surface area contributed by atoms with Gasteiger partial charge >= 0.3 is 0 Å². The highest BCUT2D eigenvalue weighted by molar-refractivity contribution is 7.89. The zero-order valence-corrected chi connectivity index (χ0v) is 12.3. The minimum Gasteiger partial charge on any atom is -0.465 e. The van der Waals surface area contributed by atoms with E-state index in [2.05, 4.69) is 10.0 Å². The van der Waals surface area contributed by atoms with Gasteiger partial charge in [-0.05, 0) is 27.3 Å². The quantitative estimate of drug-likeness (QED) is 0.833. The average molecular weight is 288 g/mol. The van der Waals surface area contributed by atoms with Crippen LogP contribution in [0.5, 0.6) is 0 Å². The van der Waals surface area contributed by atoms with Crippen molar-refractivity contribution in [3.63, 3.8) is 0 Å². The predicted molar refractivity (Wildman–Crippen MR) is 70.5 cm³/mol. The van der Waals surface area contributed by atoms with Crippen LogP contribution in [0, 0.1) is 13.8 Å². The van der Waals surface area contributed by atoms with Crippen LogP contribution in [0.2, 0.25) is 0 Å². The molecule has 108 valence electrons. The van der Waals surface area contributed by atoms with Crippen LogP contribution in [0.1, 0.15) is 23.5 Å². The summed E-state index contributed by atoms with van der Waals surface area (Å²) in [6.07, 6.45) is 0.705. The lowest BCUT2D eigenvalue weighted by Crippen LogP contribution is -2.35. The molecule has 0 aliphatic carbocycles. The highest BCUT2D eigenvalue weighted by atomic mass is 32.2. The van der Waals surface area contributed by atoms with Crippen LogP contribution in [0.15, 0.2) is 9.31 Å². The van der Waals surface area contributed by atoms with E-state index < -0.39 is 10.0 Å². The van der Waals surface area contributed by atoms with Crippen molar-refractivity contribution in [3.8, 4) is 0 Å². The molecule has 0 aromatic carbocycles. The maximum Gasteiger partial charge on any atom is 0.244 e. The first-order chi connectivity index (χ1) is 8.95. The smallest absolute Gasteiger partial charge is 0.244 e. The Bertz CT molecular complexity index is 544. The lowest BCUT2D eigenvalue weighted by atomic mass is 10.2. The van der Waals surface area contributed by atoms with E-state index in [4.69, 9.17) is 9.15 Å². The second-order valence-electron chi connectivity index (χ2n) is 4.73. The van der Waals surface area contributed by atoms with Crippen molar-refractivity contribution in [2.45, 2.75) is 37.8 Å². The number of furan rings is 1. The minimum atomic E-state index is -3.57. The van der Waals surface area contributed by atoms with Gasteiger partial charge in [-0.3, -0.25) is 0 Å². The molecule has 2 rings (SSSR count). The van der Waals surface area contributed by atoms with E-state index in [1.54, 1.807) is 20.9 Å². The molecule has 1 aliphatic rings. The van der Waals surface area contributed by atoms with Gasteiger partial charge in [-0.1, -0.05) is 0 Å². The minimum absolute atomic E-state index is 0.151. The van der Waals surface area contributed by atoms with Crippen LogP contribution in [-0.2, 0) is 21.3 Å². The number of hydrogen-bond acceptors (Lipinski definition) is 5. The van der Waals surface area contributed by atoms with Crippen LogP contribution in [0.4, 0.5) is 0 Å². The monoisotopic (exact) mass is 288 g/mol. The topological polar surface area (TPSA) is 80.6 Å². The summed E-state index contributed by atoms with van der Waals surface area (Å²) < 4.78 is 38.3. The van der Waals surface area contributed by atoms with Crippen molar-refractivity contribution in [3.05, 3.63) is 17.1 Å². The van der Waals surface area contributed by atoms with E-state index >= 15 is 0 Å². The van der Waals surface area contributed by atoms with Crippen molar-refractivity contribution in [1.82, 2.24) is 10.0 Å². The average Bonchev–Trinajstić information content (AvgIpc) is 2.88. The third-order valence-corrected chi connectivity index (χ3v) is 4.91. The molecule has 0 bridgehead atoms. The van der Waals surface area contributed by atoms with Gasteiger partial charge in [-0.15, -0.1) is 0 Å². The Kier molecular flexibility index (Phi) is 4.29. The van der Waals surface area contributed by atoms with E-state index in [0.717, 1.165) is 0 Å². The Hall–Kier alpha value is -0.890. The van der Waals surface area contributed by atoms with Gasteiger partial charge < -0.3 is 14.5 Å². The Morgan fingerprint density at radius 2 is 2.05 bits per heavy atom. The fourth-order valence-electron chi connectivity index (χ4n) is 2.35. The van der Waals surface area contributed by atoms with E-state index in [0.29, 0.717) is 43.3 Å². The Balaban J connectivity index is 2.33. The van der Waals surface area contributed by atoms with Crippen LogP contribution < -0.4 is 10.0 Å². The van der Waals surface area contributed by atoms with Crippen molar-refractivity contribution in [1.29, 1.82) is 0 Å². The number of sulfonamides is 1. The van der Waals surface area contributed by atoms with Gasteiger partial charge in [0, 0.05) is 24.8 Å². The van der Waals surface area contributed by atoms with E-state index in [1.807, 2.05) is 0 Å². The van der Waals surface area contributed by atoms with Crippen LogP contribution in [0.3, 0.4) is 0 Å². The third-order valence-electron chi connectivity index (χ3n) is 3.20. The van der Waals surface area contributed by atoms with Gasteiger partial charge in [-0.25, -0.2) is 13.1 Å². The molecule has 0 radical (unpaired) electrons. The van der Waals surface area contributed by atoms with Gasteiger partial charge in [0.1, 0.15) is 16.4 Å². The molecule has 2 N–H and O–H groups in total. The number of nitrogens with one attached hydrogen (secondary N) is 2. The standard InChI is InChI=1S/C12H20N2O4S/c1-8-11(6-13-3)12(9(2)18-8)19(15,16)14-10-4-5-17-7-10/h10,13-14H,4-7H2,1-3H3. The van der Waals surface area contributed by atoms with E-state index in [1.165, 1.54) is 0 Å². The van der Waals surface area contributed by atoms with E-state index in [9.17, 15) is 8.42 Å². The first-order valence-corrected chi connectivity index (χ1v) is 7.77. The normalized spacial score (nSPS) is 20.1.